The van der Waals surface area contributed by atoms with E-state index in [1.807, 2.05) is 58.0 Å². The Labute approximate surface area is 131 Å². The number of anilines is 1. The minimum atomic E-state index is -0.280. The predicted octanol–water partition coefficient (Wildman–Crippen LogP) is 4.08. The molecule has 2 rings (SSSR count). The summed E-state index contributed by atoms with van der Waals surface area (Å²) in [6, 6.07) is 11.4. The van der Waals surface area contributed by atoms with Crippen LogP contribution in [0.1, 0.15) is 22.3 Å². The molecule has 0 fully saturated rings. The maximum absolute atomic E-state index is 11.9. The molecule has 4 nitrogen and oxygen atoms in total. The first-order valence-electron chi connectivity index (χ1n) is 7.29. The van der Waals surface area contributed by atoms with Crippen LogP contribution in [0, 0.1) is 27.7 Å². The van der Waals surface area contributed by atoms with E-state index in [4.69, 9.17) is 4.74 Å². The number of hydrogen-bond donors (Lipinski definition) is 2. The summed E-state index contributed by atoms with van der Waals surface area (Å²) in [5, 5.41) is 5.52. The number of aryl methyl sites for hydroxylation is 3. The normalized spacial score (nSPS) is 10.2. The minimum absolute atomic E-state index is 0.128. The topological polar surface area (TPSA) is 50.4 Å². The van der Waals surface area contributed by atoms with Gasteiger partial charge in [-0.25, -0.2) is 4.79 Å². The van der Waals surface area contributed by atoms with Crippen molar-refractivity contribution in [1.29, 1.82) is 0 Å². The Morgan fingerprint density at radius 1 is 0.955 bits per heavy atom. The third-order valence-corrected chi connectivity index (χ3v) is 3.72. The summed E-state index contributed by atoms with van der Waals surface area (Å²) >= 11 is 0. The van der Waals surface area contributed by atoms with Crippen LogP contribution >= 0.6 is 0 Å². The fourth-order valence-corrected chi connectivity index (χ4v) is 2.20. The monoisotopic (exact) mass is 298 g/mol. The van der Waals surface area contributed by atoms with Crippen molar-refractivity contribution in [2.24, 2.45) is 0 Å². The standard InChI is InChI=1S/C18H22N2O2/c1-12-9-10-14(3)17(15(12)4)22-11-19-18(21)20-16-8-6-5-7-13(16)2/h5-10H,11H2,1-4H3,(H2,19,20,21). The molecule has 0 unspecified atom stereocenters. The molecule has 0 spiro atoms. The van der Waals surface area contributed by atoms with Gasteiger partial charge in [-0.05, 0) is 56.0 Å². The fraction of sp³-hybridized carbons (Fsp3) is 0.278. The molecule has 0 aliphatic heterocycles. The smallest absolute Gasteiger partial charge is 0.321 e. The highest BCUT2D eigenvalue weighted by atomic mass is 16.5. The van der Waals surface area contributed by atoms with Crippen LogP contribution in [0.3, 0.4) is 0 Å². The van der Waals surface area contributed by atoms with Crippen LogP contribution in [0.25, 0.3) is 0 Å². The van der Waals surface area contributed by atoms with E-state index in [0.717, 1.165) is 28.1 Å². The second-order valence-electron chi connectivity index (χ2n) is 5.39. The molecule has 0 atom stereocenters. The van der Waals surface area contributed by atoms with Crippen LogP contribution in [-0.4, -0.2) is 12.8 Å². The quantitative estimate of drug-likeness (QED) is 0.836. The number of para-hydroxylation sites is 1. The van der Waals surface area contributed by atoms with Gasteiger partial charge in [0.25, 0.3) is 0 Å². The van der Waals surface area contributed by atoms with Gasteiger partial charge in [0.15, 0.2) is 6.73 Å². The Morgan fingerprint density at radius 2 is 1.64 bits per heavy atom. The summed E-state index contributed by atoms with van der Waals surface area (Å²) in [6.45, 7) is 8.13. The first-order chi connectivity index (χ1) is 10.5. The van der Waals surface area contributed by atoms with Gasteiger partial charge >= 0.3 is 6.03 Å². The molecule has 2 aromatic carbocycles. The number of benzene rings is 2. The van der Waals surface area contributed by atoms with Gasteiger partial charge in [0.2, 0.25) is 0 Å². The van der Waals surface area contributed by atoms with Crippen molar-refractivity contribution in [3.8, 4) is 5.75 Å². The summed E-state index contributed by atoms with van der Waals surface area (Å²) in [5.41, 5.74) is 5.14. The van der Waals surface area contributed by atoms with Crippen molar-refractivity contribution < 1.29 is 9.53 Å². The zero-order valence-corrected chi connectivity index (χ0v) is 13.5. The van der Waals surface area contributed by atoms with Crippen LogP contribution in [0.5, 0.6) is 5.75 Å². The van der Waals surface area contributed by atoms with Crippen LogP contribution in [0.2, 0.25) is 0 Å². The summed E-state index contributed by atoms with van der Waals surface area (Å²) in [6.07, 6.45) is 0. The molecule has 0 saturated heterocycles. The maximum Gasteiger partial charge on any atom is 0.321 e. The van der Waals surface area contributed by atoms with Gasteiger partial charge in [0.05, 0.1) is 0 Å². The third-order valence-electron chi connectivity index (χ3n) is 3.72. The number of carbonyl (C=O) groups is 1. The van der Waals surface area contributed by atoms with E-state index in [1.165, 1.54) is 5.56 Å². The first-order valence-corrected chi connectivity index (χ1v) is 7.29. The molecule has 2 amide bonds. The Hall–Kier alpha value is -2.49. The Balaban J connectivity index is 1.90. The largest absolute Gasteiger partial charge is 0.473 e. The average molecular weight is 298 g/mol. The Bertz CT molecular complexity index is 681. The number of hydrogen-bond acceptors (Lipinski definition) is 2. The molecule has 0 heterocycles. The highest BCUT2D eigenvalue weighted by molar-refractivity contribution is 5.89. The number of urea groups is 1. The van der Waals surface area contributed by atoms with Gasteiger partial charge in [0, 0.05) is 5.69 Å². The first kappa shape index (κ1) is 15.9. The van der Waals surface area contributed by atoms with Gasteiger partial charge in [-0.15, -0.1) is 0 Å². The summed E-state index contributed by atoms with van der Waals surface area (Å²) in [5.74, 6) is 0.830. The number of nitrogens with one attached hydrogen (secondary N) is 2. The molecule has 0 aromatic heterocycles. The van der Waals surface area contributed by atoms with Gasteiger partial charge in [-0.3, -0.25) is 0 Å². The molecular formula is C18H22N2O2. The van der Waals surface area contributed by atoms with Gasteiger partial charge in [-0.1, -0.05) is 30.3 Å². The van der Waals surface area contributed by atoms with E-state index in [0.29, 0.717) is 0 Å². The molecule has 4 heteroatoms. The molecule has 116 valence electrons. The van der Waals surface area contributed by atoms with E-state index >= 15 is 0 Å². The Kier molecular flexibility index (Phi) is 5.04. The third kappa shape index (κ3) is 3.79. The van der Waals surface area contributed by atoms with E-state index in [2.05, 4.69) is 16.7 Å². The lowest BCUT2D eigenvalue weighted by Gasteiger charge is -2.15. The number of amides is 2. The maximum atomic E-state index is 11.9. The lowest BCUT2D eigenvalue weighted by Crippen LogP contribution is -2.32. The predicted molar refractivity (Wildman–Crippen MR) is 89.5 cm³/mol. The molecule has 0 aliphatic carbocycles. The lowest BCUT2D eigenvalue weighted by atomic mass is 10.1. The van der Waals surface area contributed by atoms with Crippen molar-refractivity contribution in [2.45, 2.75) is 27.7 Å². The Morgan fingerprint density at radius 3 is 2.36 bits per heavy atom. The number of carbonyl (C=O) groups excluding carboxylic acids is 1. The fourth-order valence-electron chi connectivity index (χ4n) is 2.20. The SMILES string of the molecule is Cc1ccccc1NC(=O)NCOc1c(C)ccc(C)c1C. The minimum Gasteiger partial charge on any atom is -0.473 e. The van der Waals surface area contributed by atoms with Gasteiger partial charge < -0.3 is 15.4 Å². The second kappa shape index (κ2) is 6.98. The molecule has 0 saturated carbocycles. The molecule has 0 radical (unpaired) electrons. The van der Waals surface area contributed by atoms with E-state index < -0.39 is 0 Å². The summed E-state index contributed by atoms with van der Waals surface area (Å²) in [4.78, 5) is 11.9. The molecule has 0 aliphatic rings. The molecule has 22 heavy (non-hydrogen) atoms. The van der Waals surface area contributed by atoms with Crippen molar-refractivity contribution >= 4 is 11.7 Å². The summed E-state index contributed by atoms with van der Waals surface area (Å²) < 4.78 is 5.72. The highest BCUT2D eigenvalue weighted by Gasteiger charge is 2.07. The van der Waals surface area contributed by atoms with Crippen molar-refractivity contribution in [3.63, 3.8) is 0 Å². The molecular weight excluding hydrogens is 276 g/mol. The van der Waals surface area contributed by atoms with E-state index in [-0.39, 0.29) is 12.8 Å². The molecule has 0 bridgehead atoms. The molecule has 2 N–H and O–H groups in total. The number of rotatable bonds is 4. The van der Waals surface area contributed by atoms with Crippen LogP contribution < -0.4 is 15.4 Å². The average Bonchev–Trinajstić information content (AvgIpc) is 2.49. The number of ether oxygens (including phenoxy) is 1. The summed E-state index contributed by atoms with van der Waals surface area (Å²) in [7, 11) is 0. The zero-order chi connectivity index (χ0) is 16.1. The van der Waals surface area contributed by atoms with Crippen LogP contribution in [0.15, 0.2) is 36.4 Å². The van der Waals surface area contributed by atoms with Crippen molar-refractivity contribution in [3.05, 3.63) is 58.7 Å². The van der Waals surface area contributed by atoms with Crippen molar-refractivity contribution in [1.82, 2.24) is 5.32 Å². The second-order valence-corrected chi connectivity index (χ2v) is 5.39. The molecule has 2 aromatic rings. The van der Waals surface area contributed by atoms with E-state index in [9.17, 15) is 4.79 Å². The van der Waals surface area contributed by atoms with E-state index in [1.54, 1.807) is 0 Å². The zero-order valence-electron chi connectivity index (χ0n) is 13.5. The highest BCUT2D eigenvalue weighted by Crippen LogP contribution is 2.25. The lowest BCUT2D eigenvalue weighted by molar-refractivity contribution is 0.234. The van der Waals surface area contributed by atoms with Gasteiger partial charge in [-0.2, -0.15) is 0 Å². The van der Waals surface area contributed by atoms with Crippen molar-refractivity contribution in [2.75, 3.05) is 12.0 Å². The van der Waals surface area contributed by atoms with Crippen LogP contribution in [0.4, 0.5) is 10.5 Å². The van der Waals surface area contributed by atoms with Gasteiger partial charge in [0.1, 0.15) is 5.75 Å². The van der Waals surface area contributed by atoms with Crippen LogP contribution in [-0.2, 0) is 0 Å².